The summed E-state index contributed by atoms with van der Waals surface area (Å²) in [6.07, 6.45) is 0.179. The molecule has 8 nitrogen and oxygen atoms in total. The highest BCUT2D eigenvalue weighted by Gasteiger charge is 2.14. The number of nitrogens with zero attached hydrogens (tertiary/aromatic N) is 1. The predicted molar refractivity (Wildman–Crippen MR) is 72.8 cm³/mol. The molecule has 0 radical (unpaired) electrons. The maximum Gasteiger partial charge on any atom is 0.270 e. The van der Waals surface area contributed by atoms with Gasteiger partial charge in [0.25, 0.3) is 11.6 Å². The molecule has 0 aromatic heterocycles. The fourth-order valence-corrected chi connectivity index (χ4v) is 2.09. The first-order valence-corrected chi connectivity index (χ1v) is 7.46. The van der Waals surface area contributed by atoms with Gasteiger partial charge in [-0.15, -0.1) is 0 Å². The first-order valence-electron chi connectivity index (χ1n) is 5.74. The van der Waals surface area contributed by atoms with Gasteiger partial charge in [0.1, 0.15) is 0 Å². The molecule has 9 heteroatoms. The van der Waals surface area contributed by atoms with E-state index in [-0.39, 0.29) is 30.0 Å². The van der Waals surface area contributed by atoms with Crippen molar-refractivity contribution in [2.45, 2.75) is 13.3 Å². The number of nitro benzene ring substituents is 1. The third-order valence-electron chi connectivity index (χ3n) is 2.57. The number of non-ortho nitro benzene ring substituents is 1. The normalized spacial score (nSPS) is 11.1. The molecular formula is C11H15N3O5S. The van der Waals surface area contributed by atoms with Crippen molar-refractivity contribution in [2.24, 2.45) is 5.14 Å². The summed E-state index contributed by atoms with van der Waals surface area (Å²) in [6, 6.07) is 3.98. The van der Waals surface area contributed by atoms with Gasteiger partial charge >= 0.3 is 0 Å². The van der Waals surface area contributed by atoms with Crippen LogP contribution in [0.3, 0.4) is 0 Å². The maximum absolute atomic E-state index is 11.9. The lowest BCUT2D eigenvalue weighted by atomic mass is 10.1. The first-order chi connectivity index (χ1) is 9.20. The highest BCUT2D eigenvalue weighted by atomic mass is 32.2. The van der Waals surface area contributed by atoms with E-state index in [0.29, 0.717) is 5.56 Å². The quantitative estimate of drug-likeness (QED) is 0.443. The molecule has 0 fully saturated rings. The first kappa shape index (κ1) is 16.1. The standard InChI is InChI=1S/C11H15N3O5S/c1-8-3-4-9(14(16)17)7-10(8)11(15)13-5-2-6-20(12,18)19/h3-4,7H,2,5-6H2,1H3,(H,13,15)(H2,12,18,19). The lowest BCUT2D eigenvalue weighted by molar-refractivity contribution is -0.384. The molecule has 1 aromatic carbocycles. The van der Waals surface area contributed by atoms with Gasteiger partial charge in [0.05, 0.1) is 10.7 Å². The van der Waals surface area contributed by atoms with Crippen LogP contribution in [-0.2, 0) is 10.0 Å². The summed E-state index contributed by atoms with van der Waals surface area (Å²) in [6.45, 7) is 1.78. The lowest BCUT2D eigenvalue weighted by Gasteiger charge is -2.07. The number of nitrogens with two attached hydrogens (primary N) is 1. The van der Waals surface area contributed by atoms with E-state index >= 15 is 0 Å². The number of nitrogens with one attached hydrogen (secondary N) is 1. The average Bonchev–Trinajstić information content (AvgIpc) is 2.33. The third-order valence-corrected chi connectivity index (χ3v) is 3.43. The van der Waals surface area contributed by atoms with Crippen LogP contribution in [0, 0.1) is 17.0 Å². The van der Waals surface area contributed by atoms with Gasteiger partial charge in [-0.25, -0.2) is 13.6 Å². The molecule has 0 spiro atoms. The van der Waals surface area contributed by atoms with Crippen molar-refractivity contribution in [3.63, 3.8) is 0 Å². The number of hydrogen-bond acceptors (Lipinski definition) is 5. The Morgan fingerprint density at radius 2 is 2.10 bits per heavy atom. The highest BCUT2D eigenvalue weighted by Crippen LogP contribution is 2.17. The Morgan fingerprint density at radius 1 is 1.45 bits per heavy atom. The number of carbonyl (C=O) groups excluding carboxylic acids is 1. The van der Waals surface area contributed by atoms with E-state index in [2.05, 4.69) is 5.32 Å². The monoisotopic (exact) mass is 301 g/mol. The summed E-state index contributed by atoms with van der Waals surface area (Å²) in [7, 11) is -3.55. The average molecular weight is 301 g/mol. The molecular weight excluding hydrogens is 286 g/mol. The van der Waals surface area contributed by atoms with Crippen molar-refractivity contribution in [1.29, 1.82) is 0 Å². The summed E-state index contributed by atoms with van der Waals surface area (Å²) < 4.78 is 21.4. The molecule has 0 aliphatic rings. The van der Waals surface area contributed by atoms with Crippen LogP contribution >= 0.6 is 0 Å². The summed E-state index contributed by atoms with van der Waals surface area (Å²) in [5, 5.41) is 18.0. The Labute approximate surface area is 116 Å². The fraction of sp³-hybridized carbons (Fsp3) is 0.364. The second-order valence-corrected chi connectivity index (χ2v) is 5.97. The van der Waals surface area contributed by atoms with Gasteiger partial charge in [-0.3, -0.25) is 14.9 Å². The van der Waals surface area contributed by atoms with E-state index in [1.165, 1.54) is 18.2 Å². The van der Waals surface area contributed by atoms with Crippen LogP contribution in [-0.4, -0.2) is 31.5 Å². The summed E-state index contributed by atoms with van der Waals surface area (Å²) in [5.74, 6) is -0.720. The molecule has 110 valence electrons. The summed E-state index contributed by atoms with van der Waals surface area (Å²) in [4.78, 5) is 21.9. The van der Waals surface area contributed by atoms with Gasteiger partial charge in [0.15, 0.2) is 0 Å². The van der Waals surface area contributed by atoms with Crippen molar-refractivity contribution < 1.29 is 18.1 Å². The highest BCUT2D eigenvalue weighted by molar-refractivity contribution is 7.89. The Morgan fingerprint density at radius 3 is 2.65 bits per heavy atom. The minimum absolute atomic E-state index is 0.122. The van der Waals surface area contributed by atoms with Crippen LogP contribution in [0.1, 0.15) is 22.3 Å². The zero-order valence-corrected chi connectivity index (χ0v) is 11.6. The van der Waals surface area contributed by atoms with Crippen molar-refractivity contribution >= 4 is 21.6 Å². The molecule has 0 saturated carbocycles. The zero-order valence-electron chi connectivity index (χ0n) is 10.8. The Kier molecular flexibility index (Phi) is 5.17. The summed E-state index contributed by atoms with van der Waals surface area (Å²) in [5.41, 5.74) is 0.611. The molecule has 0 unspecified atom stereocenters. The van der Waals surface area contributed by atoms with E-state index in [9.17, 15) is 23.3 Å². The van der Waals surface area contributed by atoms with E-state index in [4.69, 9.17) is 5.14 Å². The number of carbonyl (C=O) groups is 1. The number of aryl methyl sites for hydroxylation is 1. The molecule has 1 aromatic rings. The second kappa shape index (κ2) is 6.44. The van der Waals surface area contributed by atoms with Crippen LogP contribution in [0.25, 0.3) is 0 Å². The molecule has 0 aliphatic carbocycles. The molecule has 20 heavy (non-hydrogen) atoms. The lowest BCUT2D eigenvalue weighted by Crippen LogP contribution is -2.27. The van der Waals surface area contributed by atoms with Crippen LogP contribution in [0.15, 0.2) is 18.2 Å². The molecule has 0 aliphatic heterocycles. The second-order valence-electron chi connectivity index (χ2n) is 4.23. The molecule has 0 heterocycles. The largest absolute Gasteiger partial charge is 0.352 e. The number of amides is 1. The van der Waals surface area contributed by atoms with Gasteiger partial charge in [-0.2, -0.15) is 0 Å². The smallest absolute Gasteiger partial charge is 0.270 e. The summed E-state index contributed by atoms with van der Waals surface area (Å²) >= 11 is 0. The van der Waals surface area contributed by atoms with Crippen LogP contribution in [0.5, 0.6) is 0 Å². The van der Waals surface area contributed by atoms with Crippen LogP contribution < -0.4 is 10.5 Å². The number of primary sulfonamides is 1. The molecule has 1 amide bonds. The van der Waals surface area contributed by atoms with E-state index in [1.54, 1.807) is 6.92 Å². The molecule has 1 rings (SSSR count). The number of rotatable bonds is 6. The predicted octanol–water partition coefficient (Wildman–Crippen LogP) is 0.312. The van der Waals surface area contributed by atoms with Crippen molar-refractivity contribution in [3.05, 3.63) is 39.4 Å². The molecule has 0 atom stereocenters. The fourth-order valence-electron chi connectivity index (χ4n) is 1.54. The van der Waals surface area contributed by atoms with Crippen molar-refractivity contribution in [2.75, 3.05) is 12.3 Å². The van der Waals surface area contributed by atoms with Gasteiger partial charge in [-0.1, -0.05) is 6.07 Å². The van der Waals surface area contributed by atoms with Gasteiger partial charge in [0, 0.05) is 24.2 Å². The molecule has 0 saturated heterocycles. The number of hydrogen-bond donors (Lipinski definition) is 2. The van der Waals surface area contributed by atoms with Crippen LogP contribution in [0.4, 0.5) is 5.69 Å². The van der Waals surface area contributed by atoms with E-state index in [0.717, 1.165) is 0 Å². The Balaban J connectivity index is 2.68. The van der Waals surface area contributed by atoms with Gasteiger partial charge in [0.2, 0.25) is 10.0 Å². The minimum atomic E-state index is -3.55. The third kappa shape index (κ3) is 4.94. The van der Waals surface area contributed by atoms with E-state index in [1.807, 2.05) is 0 Å². The number of nitro groups is 1. The topological polar surface area (TPSA) is 132 Å². The van der Waals surface area contributed by atoms with E-state index < -0.39 is 20.9 Å². The van der Waals surface area contributed by atoms with Crippen molar-refractivity contribution in [3.8, 4) is 0 Å². The van der Waals surface area contributed by atoms with Crippen molar-refractivity contribution in [1.82, 2.24) is 5.32 Å². The van der Waals surface area contributed by atoms with Gasteiger partial charge in [-0.05, 0) is 18.9 Å². The minimum Gasteiger partial charge on any atom is -0.352 e. The molecule has 0 bridgehead atoms. The van der Waals surface area contributed by atoms with Gasteiger partial charge < -0.3 is 5.32 Å². The Bertz CT molecular complexity index is 627. The van der Waals surface area contributed by atoms with Crippen LogP contribution in [0.2, 0.25) is 0 Å². The SMILES string of the molecule is Cc1ccc([N+](=O)[O-])cc1C(=O)NCCCS(N)(=O)=O. The zero-order chi connectivity index (χ0) is 15.3. The number of benzene rings is 1. The Hall–Kier alpha value is -2.00. The maximum atomic E-state index is 11.9. The molecule has 3 N–H and O–H groups in total. The number of sulfonamides is 1.